The number of nitrogens with one attached hydrogen (secondary N) is 1. The van der Waals surface area contributed by atoms with Crippen molar-refractivity contribution in [3.05, 3.63) is 16.1 Å². The third-order valence-electron chi connectivity index (χ3n) is 2.59. The lowest BCUT2D eigenvalue weighted by Crippen LogP contribution is -2.33. The highest BCUT2D eigenvalue weighted by molar-refractivity contribution is 7.09. The molecule has 0 atom stereocenters. The van der Waals surface area contributed by atoms with Gasteiger partial charge in [-0.15, -0.1) is 11.3 Å². The zero-order valence-electron chi connectivity index (χ0n) is 12.7. The second-order valence-electron chi connectivity index (χ2n) is 6.17. The Labute approximate surface area is 120 Å². The molecule has 5 heteroatoms. The lowest BCUT2D eigenvalue weighted by molar-refractivity contribution is 0.570. The minimum atomic E-state index is 0.125. The second-order valence-corrected chi connectivity index (χ2v) is 7.12. The molecule has 1 aromatic rings. The van der Waals surface area contributed by atoms with E-state index in [9.17, 15) is 0 Å². The van der Waals surface area contributed by atoms with E-state index in [4.69, 9.17) is 5.73 Å². The van der Waals surface area contributed by atoms with Gasteiger partial charge in [-0.3, -0.25) is 4.99 Å². The van der Waals surface area contributed by atoms with E-state index < -0.39 is 0 Å². The van der Waals surface area contributed by atoms with E-state index in [1.165, 1.54) is 0 Å². The second kappa shape index (κ2) is 6.89. The van der Waals surface area contributed by atoms with Gasteiger partial charge in [-0.2, -0.15) is 0 Å². The number of hydrogen-bond acceptors (Lipinski definition) is 3. The summed E-state index contributed by atoms with van der Waals surface area (Å²) in [6, 6.07) is 0. The summed E-state index contributed by atoms with van der Waals surface area (Å²) in [5.74, 6) is 1.06. The Kier molecular flexibility index (Phi) is 5.79. The zero-order valence-corrected chi connectivity index (χ0v) is 13.5. The summed E-state index contributed by atoms with van der Waals surface area (Å²) in [7, 11) is 0. The molecule has 0 amide bonds. The van der Waals surface area contributed by atoms with Crippen LogP contribution in [0.15, 0.2) is 10.4 Å². The van der Waals surface area contributed by atoms with Gasteiger partial charge in [0.15, 0.2) is 5.96 Å². The van der Waals surface area contributed by atoms with E-state index in [1.807, 2.05) is 0 Å². The summed E-state index contributed by atoms with van der Waals surface area (Å²) in [4.78, 5) is 8.92. The minimum Gasteiger partial charge on any atom is -0.370 e. The highest BCUT2D eigenvalue weighted by Crippen LogP contribution is 2.23. The van der Waals surface area contributed by atoms with Crippen LogP contribution in [0.1, 0.15) is 45.3 Å². The Balaban J connectivity index is 2.37. The molecule has 19 heavy (non-hydrogen) atoms. The number of hydrogen-bond donors (Lipinski definition) is 2. The Bertz CT molecular complexity index is 415. The summed E-state index contributed by atoms with van der Waals surface area (Å²) in [5.41, 5.74) is 7.07. The zero-order chi connectivity index (χ0) is 14.5. The maximum atomic E-state index is 5.78. The highest BCUT2D eigenvalue weighted by atomic mass is 32.1. The van der Waals surface area contributed by atoms with Crippen molar-refractivity contribution < 1.29 is 0 Å². The van der Waals surface area contributed by atoms with Gasteiger partial charge in [0.1, 0.15) is 0 Å². The molecule has 0 saturated heterocycles. The van der Waals surface area contributed by atoms with E-state index >= 15 is 0 Å². The predicted octanol–water partition coefficient (Wildman–Crippen LogP) is 2.54. The van der Waals surface area contributed by atoms with Crippen LogP contribution in [0.5, 0.6) is 0 Å². The number of aromatic nitrogens is 1. The number of nitrogens with zero attached hydrogens (tertiary/aromatic N) is 2. The van der Waals surface area contributed by atoms with Crippen LogP contribution in [0.3, 0.4) is 0 Å². The van der Waals surface area contributed by atoms with Crippen molar-refractivity contribution in [2.45, 2.75) is 46.5 Å². The van der Waals surface area contributed by atoms with Gasteiger partial charge in [-0.25, -0.2) is 4.98 Å². The molecule has 0 fully saturated rings. The van der Waals surface area contributed by atoms with Gasteiger partial charge in [0, 0.05) is 30.3 Å². The summed E-state index contributed by atoms with van der Waals surface area (Å²) in [6.45, 7) is 12.3. The van der Waals surface area contributed by atoms with Crippen molar-refractivity contribution >= 4 is 17.3 Å². The van der Waals surface area contributed by atoms with Crippen LogP contribution in [0.4, 0.5) is 0 Å². The smallest absolute Gasteiger partial charge is 0.188 e. The Morgan fingerprint density at radius 2 is 2.16 bits per heavy atom. The molecule has 0 unspecified atom stereocenters. The van der Waals surface area contributed by atoms with Gasteiger partial charge in [-0.1, -0.05) is 34.6 Å². The first-order chi connectivity index (χ1) is 8.79. The van der Waals surface area contributed by atoms with Crippen molar-refractivity contribution in [2.75, 3.05) is 13.1 Å². The number of nitrogens with two attached hydrogens (primary N) is 1. The number of rotatable bonds is 5. The molecule has 3 N–H and O–H groups in total. The molecule has 108 valence electrons. The average molecular weight is 282 g/mol. The summed E-state index contributed by atoms with van der Waals surface area (Å²) in [5, 5.41) is 6.42. The van der Waals surface area contributed by atoms with Gasteiger partial charge in [-0.05, 0) is 5.92 Å². The first-order valence-electron chi connectivity index (χ1n) is 6.77. The van der Waals surface area contributed by atoms with Crippen molar-refractivity contribution in [3.63, 3.8) is 0 Å². The van der Waals surface area contributed by atoms with Crippen molar-refractivity contribution in [1.82, 2.24) is 10.3 Å². The third-order valence-corrected chi connectivity index (χ3v) is 3.50. The quantitative estimate of drug-likeness (QED) is 0.644. The molecular weight excluding hydrogens is 256 g/mol. The molecule has 0 aliphatic heterocycles. The molecule has 0 bridgehead atoms. The Hall–Kier alpha value is -1.10. The molecule has 0 aromatic carbocycles. The van der Waals surface area contributed by atoms with Crippen LogP contribution in [-0.4, -0.2) is 24.0 Å². The fraction of sp³-hybridized carbons (Fsp3) is 0.714. The van der Waals surface area contributed by atoms with Gasteiger partial charge in [0.2, 0.25) is 0 Å². The van der Waals surface area contributed by atoms with Crippen molar-refractivity contribution in [2.24, 2.45) is 16.6 Å². The Morgan fingerprint density at radius 1 is 1.47 bits per heavy atom. The van der Waals surface area contributed by atoms with E-state index in [2.05, 4.69) is 55.3 Å². The van der Waals surface area contributed by atoms with Gasteiger partial charge >= 0.3 is 0 Å². The molecule has 0 aliphatic rings. The molecule has 1 aromatic heterocycles. The SMILES string of the molecule is CC(C)CN=C(N)NCCc1nc(C(C)(C)C)cs1. The highest BCUT2D eigenvalue weighted by Gasteiger charge is 2.17. The summed E-state index contributed by atoms with van der Waals surface area (Å²) < 4.78 is 0. The van der Waals surface area contributed by atoms with Gasteiger partial charge in [0.25, 0.3) is 0 Å². The van der Waals surface area contributed by atoms with Crippen LogP contribution in [0.2, 0.25) is 0 Å². The Morgan fingerprint density at radius 3 is 2.68 bits per heavy atom. The number of thiazole rings is 1. The maximum absolute atomic E-state index is 5.78. The third kappa shape index (κ3) is 6.05. The topological polar surface area (TPSA) is 63.3 Å². The minimum absolute atomic E-state index is 0.125. The predicted molar refractivity (Wildman–Crippen MR) is 83.8 cm³/mol. The number of guanidine groups is 1. The van der Waals surface area contributed by atoms with E-state index in [0.717, 1.165) is 30.2 Å². The first-order valence-corrected chi connectivity index (χ1v) is 7.65. The molecule has 0 spiro atoms. The normalized spacial score (nSPS) is 13.1. The largest absolute Gasteiger partial charge is 0.370 e. The van der Waals surface area contributed by atoms with E-state index in [0.29, 0.717) is 11.9 Å². The van der Waals surface area contributed by atoms with E-state index in [1.54, 1.807) is 11.3 Å². The van der Waals surface area contributed by atoms with Gasteiger partial charge in [0.05, 0.1) is 10.7 Å². The van der Waals surface area contributed by atoms with Gasteiger partial charge < -0.3 is 11.1 Å². The summed E-state index contributed by atoms with van der Waals surface area (Å²) >= 11 is 1.71. The van der Waals surface area contributed by atoms with Crippen LogP contribution >= 0.6 is 11.3 Å². The number of aliphatic imine (C=N–C) groups is 1. The van der Waals surface area contributed by atoms with Crippen LogP contribution in [0, 0.1) is 5.92 Å². The van der Waals surface area contributed by atoms with Crippen LogP contribution < -0.4 is 11.1 Å². The molecular formula is C14H26N4S. The molecule has 0 saturated carbocycles. The standard InChI is InChI=1S/C14H26N4S/c1-10(2)8-17-13(15)16-7-6-12-18-11(9-19-12)14(3,4)5/h9-10H,6-8H2,1-5H3,(H3,15,16,17). The van der Waals surface area contributed by atoms with Crippen molar-refractivity contribution in [3.8, 4) is 0 Å². The van der Waals surface area contributed by atoms with Crippen LogP contribution in [-0.2, 0) is 11.8 Å². The monoisotopic (exact) mass is 282 g/mol. The van der Waals surface area contributed by atoms with Crippen LogP contribution in [0.25, 0.3) is 0 Å². The van der Waals surface area contributed by atoms with E-state index in [-0.39, 0.29) is 5.41 Å². The van der Waals surface area contributed by atoms with Crippen molar-refractivity contribution in [1.29, 1.82) is 0 Å². The molecule has 1 heterocycles. The molecule has 1 rings (SSSR count). The lowest BCUT2D eigenvalue weighted by atomic mass is 9.93. The maximum Gasteiger partial charge on any atom is 0.188 e. The molecule has 4 nitrogen and oxygen atoms in total. The fourth-order valence-corrected chi connectivity index (χ4v) is 2.43. The average Bonchev–Trinajstić information content (AvgIpc) is 2.74. The molecule has 0 aliphatic carbocycles. The fourth-order valence-electron chi connectivity index (χ4n) is 1.40. The summed E-state index contributed by atoms with van der Waals surface area (Å²) in [6.07, 6.45) is 0.888. The first kappa shape index (κ1) is 16.0. The molecule has 0 radical (unpaired) electrons. The lowest BCUT2D eigenvalue weighted by Gasteiger charge is -2.14.